The Morgan fingerprint density at radius 1 is 1.25 bits per heavy atom. The van der Waals surface area contributed by atoms with Crippen molar-refractivity contribution < 1.29 is 19.4 Å². The highest BCUT2D eigenvalue weighted by Crippen LogP contribution is 2.22. The molecule has 2 aliphatic heterocycles. The molecule has 6 heteroatoms. The summed E-state index contributed by atoms with van der Waals surface area (Å²) in [6, 6.07) is 0.0835. The lowest BCUT2D eigenvalue weighted by Crippen LogP contribution is -2.44. The lowest BCUT2D eigenvalue weighted by Gasteiger charge is -2.28. The predicted octanol–water partition coefficient (Wildman–Crippen LogP) is 1.40. The van der Waals surface area contributed by atoms with Crippen LogP contribution in [0.15, 0.2) is 0 Å². The van der Waals surface area contributed by atoms with Crippen molar-refractivity contribution in [2.45, 2.75) is 38.7 Å². The van der Waals surface area contributed by atoms with E-state index in [4.69, 9.17) is 9.84 Å². The van der Waals surface area contributed by atoms with Crippen molar-refractivity contribution in [2.75, 3.05) is 32.8 Å². The molecule has 0 aromatic carbocycles. The van der Waals surface area contributed by atoms with Crippen LogP contribution in [0.4, 0.5) is 4.79 Å². The Labute approximate surface area is 119 Å². The van der Waals surface area contributed by atoms with Crippen molar-refractivity contribution in [1.82, 2.24) is 9.80 Å². The molecule has 2 atom stereocenters. The summed E-state index contributed by atoms with van der Waals surface area (Å²) in [4.78, 5) is 26.8. The first kappa shape index (κ1) is 15.1. The highest BCUT2D eigenvalue weighted by Gasteiger charge is 2.30. The van der Waals surface area contributed by atoms with E-state index in [0.717, 1.165) is 25.9 Å². The summed E-state index contributed by atoms with van der Waals surface area (Å²) in [5.41, 5.74) is 0. The van der Waals surface area contributed by atoms with E-state index >= 15 is 0 Å². The van der Waals surface area contributed by atoms with Crippen molar-refractivity contribution in [3.63, 3.8) is 0 Å². The topological polar surface area (TPSA) is 70.1 Å². The number of rotatable bonds is 3. The standard InChI is InChI=1S/C14H24N2O4/c1-11-9-15(6-2-8-20-11)14(19)16-7-5-12(10-16)3-4-13(17)18/h11-12H,2-10H2,1H3,(H,17,18). The quantitative estimate of drug-likeness (QED) is 0.850. The Balaban J connectivity index is 1.82. The highest BCUT2D eigenvalue weighted by molar-refractivity contribution is 5.75. The summed E-state index contributed by atoms with van der Waals surface area (Å²) in [7, 11) is 0. The van der Waals surface area contributed by atoms with E-state index in [2.05, 4.69) is 0 Å². The van der Waals surface area contributed by atoms with Gasteiger partial charge in [-0.15, -0.1) is 0 Å². The van der Waals surface area contributed by atoms with Crippen LogP contribution < -0.4 is 0 Å². The minimum Gasteiger partial charge on any atom is -0.481 e. The maximum absolute atomic E-state index is 12.5. The summed E-state index contributed by atoms with van der Waals surface area (Å²) >= 11 is 0. The summed E-state index contributed by atoms with van der Waals surface area (Å²) in [5, 5.41) is 8.71. The molecule has 2 fully saturated rings. The molecule has 6 nitrogen and oxygen atoms in total. The number of likely N-dealkylation sites (tertiary alicyclic amines) is 1. The summed E-state index contributed by atoms with van der Waals surface area (Å²) in [6.07, 6.45) is 2.75. The maximum atomic E-state index is 12.5. The molecule has 114 valence electrons. The average molecular weight is 284 g/mol. The van der Waals surface area contributed by atoms with Crippen molar-refractivity contribution in [2.24, 2.45) is 5.92 Å². The molecule has 0 spiro atoms. The zero-order chi connectivity index (χ0) is 14.5. The molecule has 0 aliphatic carbocycles. The van der Waals surface area contributed by atoms with Gasteiger partial charge in [0.1, 0.15) is 0 Å². The monoisotopic (exact) mass is 284 g/mol. The van der Waals surface area contributed by atoms with Gasteiger partial charge in [-0.3, -0.25) is 4.79 Å². The van der Waals surface area contributed by atoms with Crippen LogP contribution in [-0.4, -0.2) is 65.8 Å². The van der Waals surface area contributed by atoms with Crippen LogP contribution in [0.25, 0.3) is 0 Å². The second kappa shape index (κ2) is 6.92. The minimum absolute atomic E-state index is 0.0835. The summed E-state index contributed by atoms with van der Waals surface area (Å²) < 4.78 is 5.55. The zero-order valence-corrected chi connectivity index (χ0v) is 12.1. The fourth-order valence-electron chi connectivity index (χ4n) is 2.94. The Bertz CT molecular complexity index is 361. The molecule has 2 rings (SSSR count). The number of carboxylic acids is 1. The van der Waals surface area contributed by atoms with Crippen LogP contribution in [-0.2, 0) is 9.53 Å². The number of hydrogen-bond donors (Lipinski definition) is 1. The van der Waals surface area contributed by atoms with Crippen LogP contribution in [0.2, 0.25) is 0 Å². The molecular formula is C14H24N2O4. The first-order valence-electron chi connectivity index (χ1n) is 7.43. The van der Waals surface area contributed by atoms with Gasteiger partial charge >= 0.3 is 12.0 Å². The van der Waals surface area contributed by atoms with E-state index < -0.39 is 5.97 Å². The van der Waals surface area contributed by atoms with Gasteiger partial charge in [0.2, 0.25) is 0 Å². The van der Waals surface area contributed by atoms with E-state index in [0.29, 0.717) is 32.0 Å². The Morgan fingerprint density at radius 3 is 2.75 bits per heavy atom. The van der Waals surface area contributed by atoms with Gasteiger partial charge in [0.25, 0.3) is 0 Å². The molecule has 2 amide bonds. The number of urea groups is 1. The molecule has 1 N–H and O–H groups in total. The van der Waals surface area contributed by atoms with Crippen molar-refractivity contribution >= 4 is 12.0 Å². The van der Waals surface area contributed by atoms with Gasteiger partial charge in [0, 0.05) is 39.2 Å². The second-order valence-electron chi connectivity index (χ2n) is 5.80. The number of amides is 2. The van der Waals surface area contributed by atoms with Crippen LogP contribution >= 0.6 is 0 Å². The molecule has 2 unspecified atom stereocenters. The third kappa shape index (κ3) is 4.10. The molecule has 2 heterocycles. The molecule has 0 radical (unpaired) electrons. The maximum Gasteiger partial charge on any atom is 0.320 e. The number of ether oxygens (including phenoxy) is 1. The first-order chi connectivity index (χ1) is 9.56. The molecule has 0 aromatic rings. The normalized spacial score (nSPS) is 27.4. The number of nitrogens with zero attached hydrogens (tertiary/aromatic N) is 2. The fraction of sp³-hybridized carbons (Fsp3) is 0.857. The van der Waals surface area contributed by atoms with Gasteiger partial charge in [-0.25, -0.2) is 4.79 Å². The zero-order valence-electron chi connectivity index (χ0n) is 12.1. The summed E-state index contributed by atoms with van der Waals surface area (Å²) in [5.74, 6) is -0.427. The Kier molecular flexibility index (Phi) is 5.23. The lowest BCUT2D eigenvalue weighted by atomic mass is 10.0. The number of aliphatic carboxylic acids is 1. The molecular weight excluding hydrogens is 260 g/mol. The van der Waals surface area contributed by atoms with Crippen LogP contribution in [0.1, 0.15) is 32.6 Å². The van der Waals surface area contributed by atoms with E-state index in [1.165, 1.54) is 0 Å². The molecule has 0 aromatic heterocycles. The SMILES string of the molecule is CC1CN(C(=O)N2CCC(CCC(=O)O)C2)CCCO1. The predicted molar refractivity (Wildman–Crippen MR) is 73.5 cm³/mol. The van der Waals surface area contributed by atoms with Crippen LogP contribution in [0, 0.1) is 5.92 Å². The number of carbonyl (C=O) groups is 2. The molecule has 2 saturated heterocycles. The van der Waals surface area contributed by atoms with Crippen LogP contribution in [0.3, 0.4) is 0 Å². The Hall–Kier alpha value is -1.30. The van der Waals surface area contributed by atoms with Crippen molar-refractivity contribution in [3.8, 4) is 0 Å². The Morgan fingerprint density at radius 2 is 2.00 bits per heavy atom. The second-order valence-corrected chi connectivity index (χ2v) is 5.80. The van der Waals surface area contributed by atoms with E-state index in [9.17, 15) is 9.59 Å². The van der Waals surface area contributed by atoms with Crippen molar-refractivity contribution in [3.05, 3.63) is 0 Å². The third-order valence-corrected chi connectivity index (χ3v) is 4.05. The molecule has 0 saturated carbocycles. The number of carboxylic acid groups (broad SMARTS) is 1. The van der Waals surface area contributed by atoms with Gasteiger partial charge in [-0.05, 0) is 32.1 Å². The number of carbonyl (C=O) groups excluding carboxylic acids is 1. The van der Waals surface area contributed by atoms with E-state index in [-0.39, 0.29) is 18.6 Å². The van der Waals surface area contributed by atoms with Crippen LogP contribution in [0.5, 0.6) is 0 Å². The van der Waals surface area contributed by atoms with E-state index in [1.807, 2.05) is 16.7 Å². The highest BCUT2D eigenvalue weighted by atomic mass is 16.5. The third-order valence-electron chi connectivity index (χ3n) is 4.05. The largest absolute Gasteiger partial charge is 0.481 e. The summed E-state index contributed by atoms with van der Waals surface area (Å²) in [6.45, 7) is 5.54. The van der Waals surface area contributed by atoms with Crippen molar-refractivity contribution in [1.29, 1.82) is 0 Å². The van der Waals surface area contributed by atoms with Gasteiger partial charge in [0.15, 0.2) is 0 Å². The first-order valence-corrected chi connectivity index (χ1v) is 7.43. The average Bonchev–Trinajstić information content (AvgIpc) is 2.77. The van der Waals surface area contributed by atoms with Gasteiger partial charge in [-0.1, -0.05) is 0 Å². The fourth-order valence-corrected chi connectivity index (χ4v) is 2.94. The lowest BCUT2D eigenvalue weighted by molar-refractivity contribution is -0.137. The minimum atomic E-state index is -0.756. The number of hydrogen-bond acceptors (Lipinski definition) is 3. The smallest absolute Gasteiger partial charge is 0.320 e. The molecule has 0 bridgehead atoms. The van der Waals surface area contributed by atoms with E-state index in [1.54, 1.807) is 0 Å². The molecule has 20 heavy (non-hydrogen) atoms. The van der Waals surface area contributed by atoms with Gasteiger partial charge in [0.05, 0.1) is 6.10 Å². The van der Waals surface area contributed by atoms with Gasteiger partial charge < -0.3 is 19.6 Å². The molecule has 2 aliphatic rings. The van der Waals surface area contributed by atoms with Gasteiger partial charge in [-0.2, -0.15) is 0 Å².